The summed E-state index contributed by atoms with van der Waals surface area (Å²) in [5.74, 6) is 0.484. The standard InChI is InChI=1S/C18H20N4O3/c1-13(10-16(23)17-8-5-9-25-17)20-18(24)21-14-11-19-22(12-14)15-6-3-2-4-7-15/h2-9,11-13,16,23H,10H2,1H3,(H2,20,21,24). The van der Waals surface area contributed by atoms with Gasteiger partial charge in [-0.2, -0.15) is 5.10 Å². The highest BCUT2D eigenvalue weighted by Gasteiger charge is 2.16. The molecule has 25 heavy (non-hydrogen) atoms. The van der Waals surface area contributed by atoms with Crippen LogP contribution in [0.4, 0.5) is 10.5 Å². The predicted octanol–water partition coefficient (Wildman–Crippen LogP) is 3.10. The number of nitrogens with one attached hydrogen (secondary N) is 2. The molecule has 2 amide bonds. The van der Waals surface area contributed by atoms with Crippen molar-refractivity contribution in [2.45, 2.75) is 25.5 Å². The van der Waals surface area contributed by atoms with Gasteiger partial charge < -0.3 is 20.2 Å². The number of urea groups is 1. The molecule has 0 aliphatic rings. The van der Waals surface area contributed by atoms with E-state index in [0.717, 1.165) is 5.69 Å². The summed E-state index contributed by atoms with van der Waals surface area (Å²) in [5, 5.41) is 19.8. The lowest BCUT2D eigenvalue weighted by molar-refractivity contribution is 0.130. The molecule has 7 nitrogen and oxygen atoms in total. The molecule has 0 saturated heterocycles. The smallest absolute Gasteiger partial charge is 0.319 e. The Morgan fingerprint density at radius 2 is 2.08 bits per heavy atom. The second kappa shape index (κ2) is 7.67. The van der Waals surface area contributed by atoms with Crippen LogP contribution in [-0.4, -0.2) is 27.0 Å². The van der Waals surface area contributed by atoms with Crippen molar-refractivity contribution >= 4 is 11.7 Å². The maximum atomic E-state index is 12.1. The molecule has 0 spiro atoms. The molecule has 2 heterocycles. The average molecular weight is 340 g/mol. The molecule has 2 aromatic heterocycles. The minimum absolute atomic E-state index is 0.232. The zero-order valence-electron chi connectivity index (χ0n) is 13.8. The fourth-order valence-corrected chi connectivity index (χ4v) is 2.49. The van der Waals surface area contributed by atoms with Crippen molar-refractivity contribution in [3.05, 3.63) is 66.9 Å². The number of aliphatic hydroxyl groups excluding tert-OH is 1. The molecule has 3 rings (SSSR count). The van der Waals surface area contributed by atoms with E-state index in [1.165, 1.54) is 6.26 Å². The average Bonchev–Trinajstić information content (AvgIpc) is 3.27. The number of carbonyl (C=O) groups is 1. The highest BCUT2D eigenvalue weighted by molar-refractivity contribution is 5.89. The predicted molar refractivity (Wildman–Crippen MR) is 93.5 cm³/mol. The van der Waals surface area contributed by atoms with Crippen molar-refractivity contribution in [1.29, 1.82) is 0 Å². The highest BCUT2D eigenvalue weighted by Crippen LogP contribution is 2.18. The third-order valence-electron chi connectivity index (χ3n) is 3.69. The summed E-state index contributed by atoms with van der Waals surface area (Å²) in [6.45, 7) is 1.82. The first-order chi connectivity index (χ1) is 12.1. The van der Waals surface area contributed by atoms with E-state index in [1.54, 1.807) is 29.2 Å². The van der Waals surface area contributed by atoms with Crippen molar-refractivity contribution in [3.8, 4) is 5.69 Å². The van der Waals surface area contributed by atoms with Gasteiger partial charge in [-0.3, -0.25) is 0 Å². The first-order valence-electron chi connectivity index (χ1n) is 8.01. The topological polar surface area (TPSA) is 92.3 Å². The Balaban J connectivity index is 1.51. The quantitative estimate of drug-likeness (QED) is 0.643. The first-order valence-corrected chi connectivity index (χ1v) is 8.01. The fourth-order valence-electron chi connectivity index (χ4n) is 2.49. The maximum absolute atomic E-state index is 12.1. The van der Waals surface area contributed by atoms with Crippen LogP contribution < -0.4 is 10.6 Å². The van der Waals surface area contributed by atoms with Gasteiger partial charge in [-0.25, -0.2) is 9.48 Å². The molecule has 2 unspecified atom stereocenters. The van der Waals surface area contributed by atoms with Crippen molar-refractivity contribution < 1.29 is 14.3 Å². The van der Waals surface area contributed by atoms with Crippen LogP contribution in [0.5, 0.6) is 0 Å². The van der Waals surface area contributed by atoms with E-state index in [4.69, 9.17) is 4.42 Å². The summed E-state index contributed by atoms with van der Waals surface area (Å²) < 4.78 is 6.83. The Kier molecular flexibility index (Phi) is 5.15. The lowest BCUT2D eigenvalue weighted by atomic mass is 10.1. The van der Waals surface area contributed by atoms with Gasteiger partial charge in [0, 0.05) is 12.5 Å². The highest BCUT2D eigenvalue weighted by atomic mass is 16.4. The lowest BCUT2D eigenvalue weighted by Gasteiger charge is -2.16. The Morgan fingerprint density at radius 3 is 2.80 bits per heavy atom. The van der Waals surface area contributed by atoms with Gasteiger partial charge in [-0.1, -0.05) is 18.2 Å². The number of rotatable bonds is 6. The number of benzene rings is 1. The third kappa shape index (κ3) is 4.48. The summed E-state index contributed by atoms with van der Waals surface area (Å²) >= 11 is 0. The van der Waals surface area contributed by atoms with Crippen LogP contribution in [-0.2, 0) is 0 Å². The molecule has 0 fully saturated rings. The summed E-state index contributed by atoms with van der Waals surface area (Å²) in [5.41, 5.74) is 1.49. The third-order valence-corrected chi connectivity index (χ3v) is 3.69. The van der Waals surface area contributed by atoms with Gasteiger partial charge in [0.2, 0.25) is 0 Å². The molecule has 0 aliphatic carbocycles. The number of carbonyl (C=O) groups excluding carboxylic acids is 1. The van der Waals surface area contributed by atoms with E-state index >= 15 is 0 Å². The number of hydrogen-bond acceptors (Lipinski definition) is 4. The fraction of sp³-hybridized carbons (Fsp3) is 0.222. The Bertz CT molecular complexity index is 799. The molecule has 2 atom stereocenters. The molecule has 0 bridgehead atoms. The van der Waals surface area contributed by atoms with Crippen LogP contribution in [0.3, 0.4) is 0 Å². The molecule has 0 radical (unpaired) electrons. The van der Waals surface area contributed by atoms with E-state index < -0.39 is 6.10 Å². The van der Waals surface area contributed by atoms with Crippen LogP contribution in [0.15, 0.2) is 65.5 Å². The van der Waals surface area contributed by atoms with Crippen molar-refractivity contribution in [1.82, 2.24) is 15.1 Å². The summed E-state index contributed by atoms with van der Waals surface area (Å²) in [6.07, 6.45) is 4.41. The van der Waals surface area contributed by atoms with Gasteiger partial charge in [0.15, 0.2) is 0 Å². The lowest BCUT2D eigenvalue weighted by Crippen LogP contribution is -2.36. The van der Waals surface area contributed by atoms with Gasteiger partial charge in [0.1, 0.15) is 11.9 Å². The normalized spacial score (nSPS) is 13.2. The van der Waals surface area contributed by atoms with E-state index in [1.807, 2.05) is 37.3 Å². The van der Waals surface area contributed by atoms with Crippen LogP contribution >= 0.6 is 0 Å². The minimum Gasteiger partial charge on any atom is -0.467 e. The molecule has 130 valence electrons. The van der Waals surface area contributed by atoms with E-state index in [2.05, 4.69) is 15.7 Å². The largest absolute Gasteiger partial charge is 0.467 e. The number of aliphatic hydroxyl groups is 1. The zero-order chi connectivity index (χ0) is 17.6. The van der Waals surface area contributed by atoms with Crippen LogP contribution in [0.1, 0.15) is 25.2 Å². The number of hydrogen-bond donors (Lipinski definition) is 3. The molecule has 0 aliphatic heterocycles. The Morgan fingerprint density at radius 1 is 1.28 bits per heavy atom. The number of anilines is 1. The van der Waals surface area contributed by atoms with Crippen molar-refractivity contribution in [2.24, 2.45) is 0 Å². The van der Waals surface area contributed by atoms with E-state index in [9.17, 15) is 9.90 Å². The second-order valence-electron chi connectivity index (χ2n) is 5.78. The van der Waals surface area contributed by atoms with E-state index in [0.29, 0.717) is 17.9 Å². The van der Waals surface area contributed by atoms with E-state index in [-0.39, 0.29) is 12.1 Å². The SMILES string of the molecule is CC(CC(O)c1ccco1)NC(=O)Nc1cnn(-c2ccccc2)c1. The van der Waals surface area contributed by atoms with Gasteiger partial charge in [-0.15, -0.1) is 0 Å². The summed E-state index contributed by atoms with van der Waals surface area (Å²) in [7, 11) is 0. The van der Waals surface area contributed by atoms with Crippen molar-refractivity contribution in [2.75, 3.05) is 5.32 Å². The maximum Gasteiger partial charge on any atom is 0.319 e. The van der Waals surface area contributed by atoms with Crippen molar-refractivity contribution in [3.63, 3.8) is 0 Å². The molecule has 3 N–H and O–H groups in total. The second-order valence-corrected chi connectivity index (χ2v) is 5.78. The number of amides is 2. The molecular formula is C18H20N4O3. The zero-order valence-corrected chi connectivity index (χ0v) is 13.8. The van der Waals surface area contributed by atoms with Crippen LogP contribution in [0.2, 0.25) is 0 Å². The van der Waals surface area contributed by atoms with Gasteiger partial charge in [0.25, 0.3) is 0 Å². The number of furan rings is 1. The number of nitrogens with zero attached hydrogens (tertiary/aromatic N) is 2. The van der Waals surface area contributed by atoms with Gasteiger partial charge in [0.05, 0.1) is 30.0 Å². The first kappa shape index (κ1) is 16.8. The summed E-state index contributed by atoms with van der Waals surface area (Å²) in [4.78, 5) is 12.1. The Labute approximate surface area is 145 Å². The number of para-hydroxylation sites is 1. The van der Waals surface area contributed by atoms with Crippen LogP contribution in [0.25, 0.3) is 5.69 Å². The number of aromatic nitrogens is 2. The molecule has 7 heteroatoms. The molecule has 3 aromatic rings. The van der Waals surface area contributed by atoms with Gasteiger partial charge in [-0.05, 0) is 31.2 Å². The van der Waals surface area contributed by atoms with Crippen LogP contribution in [0, 0.1) is 0 Å². The molecular weight excluding hydrogens is 320 g/mol. The molecule has 1 aromatic carbocycles. The Hall–Kier alpha value is -3.06. The monoisotopic (exact) mass is 340 g/mol. The van der Waals surface area contributed by atoms with Gasteiger partial charge >= 0.3 is 6.03 Å². The molecule has 0 saturated carbocycles. The summed E-state index contributed by atoms with van der Waals surface area (Å²) in [6, 6.07) is 12.5. The minimum atomic E-state index is -0.758.